The van der Waals surface area contributed by atoms with Gasteiger partial charge in [0.05, 0.1) is 17.7 Å². The van der Waals surface area contributed by atoms with Crippen molar-refractivity contribution in [2.45, 2.75) is 0 Å². The van der Waals surface area contributed by atoms with Crippen molar-refractivity contribution in [3.63, 3.8) is 0 Å². The van der Waals surface area contributed by atoms with Gasteiger partial charge in [0.25, 0.3) is 11.8 Å². The summed E-state index contributed by atoms with van der Waals surface area (Å²) in [4.78, 5) is 35.4. The van der Waals surface area contributed by atoms with Crippen LogP contribution < -0.4 is 10.6 Å². The molecule has 0 fully saturated rings. The molecule has 21 heavy (non-hydrogen) atoms. The minimum atomic E-state index is -0.818. The Bertz CT molecular complexity index is 540. The molecule has 6 radical (unpaired) electrons. The summed E-state index contributed by atoms with van der Waals surface area (Å²) in [6.07, 6.45) is 0. The van der Waals surface area contributed by atoms with Crippen molar-refractivity contribution in [2.24, 2.45) is 0 Å². The van der Waals surface area contributed by atoms with Crippen LogP contribution >= 0.6 is 0 Å². The Morgan fingerprint density at radius 3 is 2.14 bits per heavy atom. The van der Waals surface area contributed by atoms with Crippen molar-refractivity contribution in [1.29, 1.82) is 0 Å². The van der Waals surface area contributed by atoms with E-state index in [9.17, 15) is 14.4 Å². The number of amides is 2. The van der Waals surface area contributed by atoms with E-state index in [-0.39, 0.29) is 36.4 Å². The van der Waals surface area contributed by atoms with Gasteiger partial charge in [-0.05, 0) is 32.0 Å². The Balaban J connectivity index is 3.22. The predicted octanol–water partition coefficient (Wildman–Crippen LogP) is 0.436. The molecule has 108 valence electrons. The monoisotopic (exact) mass is 286 g/mol. The van der Waals surface area contributed by atoms with Crippen LogP contribution in [0.3, 0.4) is 0 Å². The molecule has 0 heterocycles. The third-order valence-electron chi connectivity index (χ3n) is 2.49. The maximum absolute atomic E-state index is 11.8. The van der Waals surface area contributed by atoms with Gasteiger partial charge in [0.1, 0.15) is 0 Å². The molecular weight excluding hydrogens is 272 g/mol. The van der Waals surface area contributed by atoms with Gasteiger partial charge in [-0.3, -0.25) is 9.59 Å². The second-order valence-electron chi connectivity index (χ2n) is 3.78. The molecule has 0 aromatic heterocycles. The van der Waals surface area contributed by atoms with E-state index in [1.165, 1.54) is 18.2 Å². The van der Waals surface area contributed by atoms with Crippen LogP contribution in [0.25, 0.3) is 0 Å². The van der Waals surface area contributed by atoms with Gasteiger partial charge in [0.2, 0.25) is 0 Å². The normalized spacial score (nSPS) is 9.86. The van der Waals surface area contributed by atoms with E-state index in [1.807, 2.05) is 0 Å². The third-order valence-corrected chi connectivity index (χ3v) is 2.49. The summed E-state index contributed by atoms with van der Waals surface area (Å²) >= 11 is 0. The summed E-state index contributed by atoms with van der Waals surface area (Å²) in [5, 5.41) is 4.73. The minimum Gasteiger partial charge on any atom is -0.462 e. The fourth-order valence-corrected chi connectivity index (χ4v) is 1.59. The largest absolute Gasteiger partial charge is 0.462 e. The summed E-state index contributed by atoms with van der Waals surface area (Å²) in [5.74, 6) is -1.86. The lowest BCUT2D eigenvalue weighted by Gasteiger charge is -2.10. The molecule has 0 atom stereocenters. The highest BCUT2D eigenvalue weighted by Gasteiger charge is 2.20. The molecule has 0 aliphatic heterocycles. The number of nitrogens with one attached hydrogen (secondary N) is 2. The lowest BCUT2D eigenvalue weighted by atomic mass is 10.0. The Labute approximate surface area is 123 Å². The number of ether oxygens (including phenoxy) is 1. The quantitative estimate of drug-likeness (QED) is 0.743. The van der Waals surface area contributed by atoms with Gasteiger partial charge in [0, 0.05) is 25.6 Å². The van der Waals surface area contributed by atoms with Gasteiger partial charge in [0.15, 0.2) is 0 Å². The highest BCUT2D eigenvalue weighted by Crippen LogP contribution is 2.14. The lowest BCUT2D eigenvalue weighted by molar-refractivity contribution is 0.0543. The molecule has 6 heteroatoms. The Morgan fingerprint density at radius 2 is 1.57 bits per heavy atom. The van der Waals surface area contributed by atoms with Gasteiger partial charge in [-0.25, -0.2) is 4.79 Å². The first kappa shape index (κ1) is 16.7. The molecule has 0 aliphatic rings. The van der Waals surface area contributed by atoms with E-state index in [0.717, 1.165) is 0 Å². The molecule has 2 N–H and O–H groups in total. The molecular formula is C15H14N2O4. The predicted molar refractivity (Wildman–Crippen MR) is 74.3 cm³/mol. The molecule has 2 amide bonds. The second kappa shape index (κ2) is 8.04. The summed E-state index contributed by atoms with van der Waals surface area (Å²) < 4.78 is 4.66. The van der Waals surface area contributed by atoms with E-state index in [1.54, 1.807) is 0 Å². The Morgan fingerprint density at radius 1 is 0.952 bits per heavy atom. The molecule has 0 spiro atoms. The van der Waals surface area contributed by atoms with Crippen LogP contribution in [0.1, 0.15) is 31.1 Å². The number of esters is 1. The Hall–Kier alpha value is -2.37. The number of hydrogen-bond acceptors (Lipinski definition) is 4. The molecule has 0 bridgehead atoms. The topological polar surface area (TPSA) is 84.5 Å². The highest BCUT2D eigenvalue weighted by atomic mass is 16.5. The zero-order chi connectivity index (χ0) is 15.8. The van der Waals surface area contributed by atoms with E-state index in [0.29, 0.717) is 0 Å². The van der Waals surface area contributed by atoms with E-state index in [4.69, 9.17) is 20.8 Å². The summed E-state index contributed by atoms with van der Waals surface area (Å²) in [6, 6.07) is 3.94. The molecule has 1 rings (SSSR count). The van der Waals surface area contributed by atoms with Crippen LogP contribution in [-0.2, 0) is 4.74 Å². The second-order valence-corrected chi connectivity index (χ2v) is 3.78. The molecule has 1 aromatic carbocycles. The minimum absolute atomic E-state index is 0.0307. The smallest absolute Gasteiger partial charge is 0.338 e. The molecule has 0 unspecified atom stereocenters. The fourth-order valence-electron chi connectivity index (χ4n) is 1.59. The standard InChI is InChI=1S/C15H14N2O4/c1-4-16-13(18)10-7-8-11(14(19)17-5-2)12(9-10)15(20)21-6-3/h1-3,7-9H,4-6H2,(H,16,18)(H,17,19). The third kappa shape index (κ3) is 4.30. The van der Waals surface area contributed by atoms with Crippen LogP contribution in [0.4, 0.5) is 0 Å². The van der Waals surface area contributed by atoms with E-state index >= 15 is 0 Å². The number of carbonyl (C=O) groups excluding carboxylic acids is 3. The first-order valence-electron chi connectivity index (χ1n) is 6.03. The average Bonchev–Trinajstić information content (AvgIpc) is 2.47. The van der Waals surface area contributed by atoms with Gasteiger partial charge in [-0.2, -0.15) is 0 Å². The first-order valence-corrected chi connectivity index (χ1v) is 6.03. The van der Waals surface area contributed by atoms with Crippen LogP contribution in [0, 0.1) is 20.8 Å². The van der Waals surface area contributed by atoms with Gasteiger partial charge in [-0.1, -0.05) is 0 Å². The maximum atomic E-state index is 11.8. The van der Waals surface area contributed by atoms with Crippen molar-refractivity contribution < 1.29 is 19.1 Å². The maximum Gasteiger partial charge on any atom is 0.338 e. The molecule has 1 aromatic rings. The van der Waals surface area contributed by atoms with Crippen molar-refractivity contribution in [3.8, 4) is 0 Å². The Kier molecular flexibility index (Phi) is 6.39. The van der Waals surface area contributed by atoms with Crippen molar-refractivity contribution >= 4 is 17.8 Å². The highest BCUT2D eigenvalue weighted by molar-refractivity contribution is 6.07. The number of carbonyl (C=O) groups is 3. The summed E-state index contributed by atoms with van der Waals surface area (Å²) in [7, 11) is 0. The zero-order valence-electron chi connectivity index (χ0n) is 11.2. The van der Waals surface area contributed by atoms with Gasteiger partial charge >= 0.3 is 5.97 Å². The summed E-state index contributed by atoms with van der Waals surface area (Å²) in [6.45, 7) is 15.1. The van der Waals surface area contributed by atoms with Crippen molar-refractivity contribution in [1.82, 2.24) is 10.6 Å². The molecule has 0 aliphatic carbocycles. The summed E-state index contributed by atoms with van der Waals surface area (Å²) in [5.41, 5.74) is 0.105. The van der Waals surface area contributed by atoms with Crippen LogP contribution in [-0.4, -0.2) is 37.5 Å². The zero-order valence-corrected chi connectivity index (χ0v) is 11.2. The van der Waals surface area contributed by atoms with Crippen molar-refractivity contribution in [3.05, 3.63) is 55.7 Å². The molecule has 0 saturated heterocycles. The van der Waals surface area contributed by atoms with Crippen LogP contribution in [0.15, 0.2) is 18.2 Å². The molecule has 0 saturated carbocycles. The lowest BCUT2D eigenvalue weighted by Crippen LogP contribution is -2.27. The average molecular weight is 286 g/mol. The van der Waals surface area contributed by atoms with Crippen LogP contribution in [0.2, 0.25) is 0 Å². The van der Waals surface area contributed by atoms with Crippen LogP contribution in [0.5, 0.6) is 0 Å². The number of benzene rings is 1. The molecule has 6 nitrogen and oxygen atoms in total. The fraction of sp³-hybridized carbons (Fsp3) is 0.200. The van der Waals surface area contributed by atoms with Gasteiger partial charge in [-0.15, -0.1) is 0 Å². The van der Waals surface area contributed by atoms with Gasteiger partial charge < -0.3 is 15.4 Å². The van der Waals surface area contributed by atoms with E-state index in [2.05, 4.69) is 15.4 Å². The number of rotatable bonds is 6. The van der Waals surface area contributed by atoms with E-state index < -0.39 is 17.8 Å². The SMILES string of the molecule is [CH]CNC(=O)c1ccc(C(=O)NC[CH])c(C(=O)OC[CH])c1. The first-order chi connectivity index (χ1) is 10.0. The number of hydrogen-bond donors (Lipinski definition) is 2. The van der Waals surface area contributed by atoms with Crippen molar-refractivity contribution in [2.75, 3.05) is 19.7 Å².